The van der Waals surface area contributed by atoms with Crippen molar-refractivity contribution in [2.45, 2.75) is 106 Å². The average Bonchev–Trinajstić information content (AvgIpc) is 1.35. The molecule has 7 atom stereocenters. The van der Waals surface area contributed by atoms with Crippen LogP contribution in [0.25, 0.3) is 0 Å². The SMILES string of the molecule is C#CCOC(=O)OC1CCS(=O)(=O)C1.C=CCOC(=O)OC1CCS(=O)(=O)C1.CC(=O)OC1CCS(=O)(=O)C1.COC(=O)OC1CCS(=O)(=O)C1.CS(=O)(=O)OC1CCS(=O)(=O)C1.O=C(OCC(F)(F)F)OC1CCS(=O)(=O)C1.O=S1(=O)CCC(OS(=O)(=O)C(F)(F)F)C1. The van der Waals surface area contributed by atoms with Crippen molar-refractivity contribution in [3.8, 4) is 12.3 Å². The summed E-state index contributed by atoms with van der Waals surface area (Å²) >= 11 is 0. The van der Waals surface area contributed by atoms with E-state index < -0.39 is 186 Å². The summed E-state index contributed by atoms with van der Waals surface area (Å²) in [6, 6.07) is 0. The van der Waals surface area contributed by atoms with Gasteiger partial charge in [0, 0.05) is 6.92 Å². The number of hydrogen-bond acceptors (Lipinski definition) is 34. The quantitative estimate of drug-likeness (QED) is 0.0453. The van der Waals surface area contributed by atoms with Crippen molar-refractivity contribution in [3.63, 3.8) is 0 Å². The number of rotatable bonds is 13. The zero-order valence-electron chi connectivity index (χ0n) is 49.7. The Morgan fingerprint density at radius 1 is 0.468 bits per heavy atom. The van der Waals surface area contributed by atoms with Gasteiger partial charge in [-0.05, 0) is 44.9 Å². The summed E-state index contributed by atoms with van der Waals surface area (Å²) in [6.07, 6.45) is -5.00. The number of ether oxygens (including phenoxy) is 9. The van der Waals surface area contributed by atoms with Crippen LogP contribution in [0.4, 0.5) is 45.5 Å². The highest BCUT2D eigenvalue weighted by atomic mass is 32.2. The molecule has 49 heteroatoms. The summed E-state index contributed by atoms with van der Waals surface area (Å²) in [4.78, 5) is 53.4. The van der Waals surface area contributed by atoms with Crippen LogP contribution in [0.1, 0.15) is 51.9 Å². The molecule has 0 aromatic heterocycles. The van der Waals surface area contributed by atoms with E-state index in [2.05, 4.69) is 49.3 Å². The zero-order chi connectivity index (χ0) is 72.6. The summed E-state index contributed by atoms with van der Waals surface area (Å²) < 4.78 is 313. The van der Waals surface area contributed by atoms with Gasteiger partial charge in [-0.3, -0.25) is 13.2 Å². The molecule has 0 bridgehead atoms. The minimum atomic E-state index is -5.70. The van der Waals surface area contributed by atoms with E-state index in [4.69, 9.17) is 20.6 Å². The van der Waals surface area contributed by atoms with Crippen LogP contribution in [-0.4, -0.2) is 274 Å². The fraction of sp³-hybridized carbons (Fsp3) is 0.800. The van der Waals surface area contributed by atoms with Crippen molar-refractivity contribution in [2.75, 3.05) is 114 Å². The van der Waals surface area contributed by atoms with Crippen molar-refractivity contribution in [1.82, 2.24) is 0 Å². The average molecular weight is 1560 g/mol. The van der Waals surface area contributed by atoms with Gasteiger partial charge >= 0.3 is 52.4 Å². The van der Waals surface area contributed by atoms with Gasteiger partial charge < -0.3 is 42.6 Å². The van der Waals surface area contributed by atoms with Crippen LogP contribution in [0.5, 0.6) is 0 Å². The maximum atomic E-state index is 11.8. The van der Waals surface area contributed by atoms with E-state index in [-0.39, 0.29) is 107 Å². The van der Waals surface area contributed by atoms with Crippen molar-refractivity contribution >= 4 is 120 Å². The summed E-state index contributed by atoms with van der Waals surface area (Å²) in [5.41, 5.74) is -5.51. The lowest BCUT2D eigenvalue weighted by molar-refractivity contribution is -0.166. The predicted octanol–water partition coefficient (Wildman–Crippen LogP) is 0.244. The molecule has 7 aliphatic heterocycles. The molecular weight excluding hydrogens is 1490 g/mol. The highest BCUT2D eigenvalue weighted by molar-refractivity contribution is 7.93. The van der Waals surface area contributed by atoms with E-state index in [9.17, 15) is 126 Å². The van der Waals surface area contributed by atoms with E-state index >= 15 is 0 Å². The van der Waals surface area contributed by atoms with E-state index in [0.29, 0.717) is 25.7 Å². The first-order chi connectivity index (χ1) is 42.6. The monoisotopic (exact) mass is 1550 g/mol. The Labute approximate surface area is 538 Å². The molecule has 7 unspecified atom stereocenters. The second-order valence-electron chi connectivity index (χ2n) is 20.3. The number of methoxy groups -OCH3 is 1. The minimum absolute atomic E-state index is 0.00736. The van der Waals surface area contributed by atoms with Gasteiger partial charge in [-0.25, -0.2) is 78.1 Å². The van der Waals surface area contributed by atoms with Crippen molar-refractivity contribution in [2.24, 2.45) is 0 Å². The number of alkyl halides is 6. The molecule has 548 valence electrons. The maximum absolute atomic E-state index is 11.8. The van der Waals surface area contributed by atoms with Crippen LogP contribution in [0, 0.1) is 12.3 Å². The Balaban J connectivity index is 0.000000550. The molecule has 7 fully saturated rings. The standard InChI is InChI=1S/C8H12O5S.C8H10O5S.C7H9F3O5S.C6H10O5S.C6H10O4S.C5H7F3O5S2.C5H10O5S2/c2*1-2-4-12-8(9)13-7-3-5-14(10,11)6-7;8-7(9,10)4-14-6(11)15-5-1-2-16(12,13)3-5;1-10-6(7)11-5-2-3-12(8,9)4-5;1-5(7)10-6-2-3-11(8,9)4-6;6-5(7,8)15(11,12)13-4-1-2-14(9,10)3-4;1-11(6,7)10-5-2-3-12(8,9)4-5/h2,7H,1,3-6H2;1,7H,3-6H2;5H,1-4H2;5H,2-4H2,1H3;6H,2-4H2,1H3;4H,1-3H2;5H,2-4H2,1H3. The molecule has 0 N–H and O–H groups in total. The summed E-state index contributed by atoms with van der Waals surface area (Å²) in [5, 5.41) is 0. The Morgan fingerprint density at radius 3 is 0.989 bits per heavy atom. The third-order valence-electron chi connectivity index (χ3n) is 11.7. The second-order valence-corrected chi connectivity index (χ2v) is 39.0. The Hall–Kier alpha value is -5.10. The number of terminal acetylenes is 1. The molecule has 0 radical (unpaired) electrons. The van der Waals surface area contributed by atoms with E-state index in [1.54, 1.807) is 0 Å². The van der Waals surface area contributed by atoms with Gasteiger partial charge in [0.05, 0.1) is 106 Å². The van der Waals surface area contributed by atoms with Crippen LogP contribution >= 0.6 is 0 Å². The van der Waals surface area contributed by atoms with Crippen LogP contribution in [0.15, 0.2) is 12.7 Å². The molecule has 0 amide bonds. The molecule has 0 saturated carbocycles. The van der Waals surface area contributed by atoms with E-state index in [1.165, 1.54) is 20.1 Å². The number of hydrogen-bond donors (Lipinski definition) is 0. The number of halogens is 6. The third-order valence-corrected chi connectivity index (χ3v) is 25.6. The predicted molar refractivity (Wildman–Crippen MR) is 309 cm³/mol. The third kappa shape index (κ3) is 39.8. The van der Waals surface area contributed by atoms with Crippen molar-refractivity contribution < 1.29 is 177 Å². The molecule has 7 saturated heterocycles. The first-order valence-electron chi connectivity index (χ1n) is 26.4. The lowest BCUT2D eigenvalue weighted by Crippen LogP contribution is -2.30. The fourth-order valence-electron chi connectivity index (χ4n) is 7.72. The lowest BCUT2D eigenvalue weighted by Gasteiger charge is -2.11. The van der Waals surface area contributed by atoms with Crippen LogP contribution in [0.2, 0.25) is 0 Å². The van der Waals surface area contributed by atoms with Crippen LogP contribution < -0.4 is 0 Å². The van der Waals surface area contributed by atoms with Gasteiger partial charge in [-0.15, -0.1) is 6.42 Å². The normalized spacial score (nSPS) is 25.9. The van der Waals surface area contributed by atoms with Gasteiger partial charge in [0.1, 0.15) is 37.1 Å². The molecule has 7 heterocycles. The van der Waals surface area contributed by atoms with Gasteiger partial charge in [0.25, 0.3) is 10.1 Å². The van der Waals surface area contributed by atoms with E-state index in [0.717, 1.165) is 6.26 Å². The smallest absolute Gasteiger partial charge is 0.461 e. The van der Waals surface area contributed by atoms with Gasteiger partial charge in [-0.1, -0.05) is 18.6 Å². The van der Waals surface area contributed by atoms with Gasteiger partial charge in [0.2, 0.25) is 0 Å². The topological polar surface area (TPSA) is 494 Å². The molecule has 0 aliphatic carbocycles. The van der Waals surface area contributed by atoms with Crippen molar-refractivity contribution in [3.05, 3.63) is 12.7 Å². The van der Waals surface area contributed by atoms with E-state index in [1.807, 2.05) is 0 Å². The van der Waals surface area contributed by atoms with Gasteiger partial charge in [-0.2, -0.15) is 43.2 Å². The first kappa shape index (κ1) is 86.9. The molecule has 0 spiro atoms. The summed E-state index contributed by atoms with van der Waals surface area (Å²) in [7, 11) is -29.7. The summed E-state index contributed by atoms with van der Waals surface area (Å²) in [5.74, 6) is 0.0297. The minimum Gasteiger partial charge on any atom is -0.461 e. The summed E-state index contributed by atoms with van der Waals surface area (Å²) in [6.45, 7) is 2.80. The zero-order valence-corrected chi connectivity index (χ0v) is 57.0. The molecule has 7 rings (SSSR count). The Kier molecular flexibility index (Phi) is 34.2. The first-order valence-corrected chi connectivity index (χ1v) is 42.4. The van der Waals surface area contributed by atoms with Crippen molar-refractivity contribution in [1.29, 1.82) is 0 Å². The fourth-order valence-corrected chi connectivity index (χ4v) is 20.3. The maximum Gasteiger partial charge on any atom is 0.523 e. The molecular formula is C45H68F6O34S9. The number of carbonyl (C=O) groups is 5. The van der Waals surface area contributed by atoms with Gasteiger partial charge in [0.15, 0.2) is 82.1 Å². The molecule has 7 aliphatic rings. The number of esters is 1. The highest BCUT2D eigenvalue weighted by Gasteiger charge is 2.50. The second kappa shape index (κ2) is 37.0. The molecule has 34 nitrogen and oxygen atoms in total. The highest BCUT2D eigenvalue weighted by Crippen LogP contribution is 2.29. The van der Waals surface area contributed by atoms with Crippen LogP contribution in [-0.2, 0) is 145 Å². The molecule has 94 heavy (non-hydrogen) atoms. The number of carbonyl (C=O) groups excluding carboxylic acids is 5. The number of sulfone groups is 7. The Bertz CT molecular complexity index is 3700. The molecule has 0 aromatic rings. The Morgan fingerprint density at radius 2 is 0.745 bits per heavy atom. The molecule has 0 aromatic carbocycles. The largest absolute Gasteiger partial charge is 0.523 e. The lowest BCUT2D eigenvalue weighted by atomic mass is 10.3. The van der Waals surface area contributed by atoms with Crippen LogP contribution in [0.3, 0.4) is 0 Å².